The van der Waals surface area contributed by atoms with Gasteiger partial charge >= 0.3 is 12.2 Å². The first kappa shape index (κ1) is 30.7. The van der Waals surface area contributed by atoms with Crippen LogP contribution in [0.3, 0.4) is 0 Å². The van der Waals surface area contributed by atoms with Crippen molar-refractivity contribution in [3.63, 3.8) is 0 Å². The average Bonchev–Trinajstić information content (AvgIpc) is 3.25. The summed E-state index contributed by atoms with van der Waals surface area (Å²) in [5, 5.41) is 3.31. The summed E-state index contributed by atoms with van der Waals surface area (Å²) in [6.07, 6.45) is -0.916. The summed E-state index contributed by atoms with van der Waals surface area (Å²) in [6.45, 7) is 2.61. The Bertz CT molecular complexity index is 1880. The van der Waals surface area contributed by atoms with Gasteiger partial charge in [0.2, 0.25) is 0 Å². The van der Waals surface area contributed by atoms with E-state index < -0.39 is 57.1 Å². The van der Waals surface area contributed by atoms with Crippen LogP contribution in [-0.4, -0.2) is 82.3 Å². The molecular weight excluding hydrogens is 664 g/mol. The highest BCUT2D eigenvalue weighted by Gasteiger charge is 2.81. The Morgan fingerprint density at radius 2 is 1.98 bits per heavy atom. The predicted molar refractivity (Wildman–Crippen MR) is 164 cm³/mol. The van der Waals surface area contributed by atoms with Crippen molar-refractivity contribution < 1.29 is 35.8 Å². The second-order valence-corrected chi connectivity index (χ2v) is 14.5. The molecule has 9 nitrogen and oxygen atoms in total. The van der Waals surface area contributed by atoms with E-state index >= 15 is 4.39 Å². The molecule has 1 aliphatic carbocycles. The second-order valence-electron chi connectivity index (χ2n) is 14.1. The maximum absolute atomic E-state index is 17.0. The molecule has 3 aromatic rings. The van der Waals surface area contributed by atoms with Crippen LogP contribution < -0.4 is 25.4 Å². The van der Waals surface area contributed by atoms with Crippen molar-refractivity contribution >= 4 is 34.1 Å². The molecule has 5 aliphatic heterocycles. The number of nitrogens with two attached hydrogens (primary N) is 1. The summed E-state index contributed by atoms with van der Waals surface area (Å²) in [7, 11) is 0. The first-order valence-electron chi connectivity index (χ1n) is 16.3. The Morgan fingerprint density at radius 3 is 2.77 bits per heavy atom. The molecule has 4 saturated heterocycles. The van der Waals surface area contributed by atoms with Crippen LogP contribution in [0.2, 0.25) is 5.02 Å². The van der Waals surface area contributed by atoms with Crippen molar-refractivity contribution in [2.24, 2.45) is 11.8 Å². The molecule has 1 aromatic carbocycles. The van der Waals surface area contributed by atoms with Crippen LogP contribution in [0.4, 0.5) is 38.0 Å². The molecule has 16 heteroatoms. The number of rotatable bonds is 4. The van der Waals surface area contributed by atoms with Crippen molar-refractivity contribution in [3.8, 4) is 23.0 Å². The van der Waals surface area contributed by atoms with Crippen LogP contribution in [0, 0.1) is 24.6 Å². The molecule has 0 radical (unpaired) electrons. The molecule has 1 saturated carbocycles. The highest BCUT2D eigenvalue weighted by Crippen LogP contribution is 2.68. The third kappa shape index (κ3) is 4.22. The monoisotopic (exact) mass is 695 g/mol. The summed E-state index contributed by atoms with van der Waals surface area (Å²) in [5.74, 6) is -5.60. The number of aromatic nitrogens is 3. The Morgan fingerprint density at radius 1 is 1.17 bits per heavy atom. The number of anilines is 2. The van der Waals surface area contributed by atoms with E-state index in [1.165, 1.54) is 6.92 Å². The van der Waals surface area contributed by atoms with Crippen molar-refractivity contribution in [2.45, 2.75) is 74.8 Å². The molecule has 2 bridgehead atoms. The second kappa shape index (κ2) is 10.1. The molecule has 3 N–H and O–H groups in total. The Labute approximate surface area is 276 Å². The number of piperazine rings is 1. The zero-order chi connectivity index (χ0) is 33.5. The molecule has 6 aliphatic rings. The lowest BCUT2D eigenvalue weighted by Crippen LogP contribution is -2.65. The number of pyridine rings is 1. The van der Waals surface area contributed by atoms with Gasteiger partial charge < -0.3 is 25.4 Å². The van der Waals surface area contributed by atoms with E-state index in [-0.39, 0.29) is 77.7 Å². The summed E-state index contributed by atoms with van der Waals surface area (Å²) >= 11 is 6.83. The van der Waals surface area contributed by atoms with E-state index in [0.29, 0.717) is 19.5 Å². The molecule has 7 heterocycles. The fraction of sp³-hybridized carbons (Fsp3) is 0.594. The molecule has 256 valence electrons. The smallest absolute Gasteiger partial charge is 0.418 e. The molecule has 0 amide bonds. The summed E-state index contributed by atoms with van der Waals surface area (Å²) < 4.78 is 102. The number of nitrogen functional groups attached to an aromatic ring is 1. The minimum absolute atomic E-state index is 0.00202. The fourth-order valence-corrected chi connectivity index (χ4v) is 9.73. The van der Waals surface area contributed by atoms with Crippen molar-refractivity contribution in [1.82, 2.24) is 25.2 Å². The van der Waals surface area contributed by atoms with Crippen LogP contribution in [0.5, 0.6) is 11.8 Å². The van der Waals surface area contributed by atoms with Gasteiger partial charge in [-0.2, -0.15) is 23.1 Å². The van der Waals surface area contributed by atoms with E-state index in [9.17, 15) is 22.0 Å². The lowest BCUT2D eigenvalue weighted by Gasteiger charge is -2.48. The molecule has 2 aromatic heterocycles. The zero-order valence-corrected chi connectivity index (χ0v) is 26.6. The molecule has 48 heavy (non-hydrogen) atoms. The number of hydrogen-bond donors (Lipinski definition) is 2. The van der Waals surface area contributed by atoms with Gasteiger partial charge in [-0.1, -0.05) is 18.0 Å². The van der Waals surface area contributed by atoms with Crippen LogP contribution in [0.25, 0.3) is 22.2 Å². The van der Waals surface area contributed by atoms with Crippen molar-refractivity contribution in [3.05, 3.63) is 28.0 Å². The Hall–Kier alpha value is -3.30. The number of alkyl halides is 5. The minimum Gasteiger partial charge on any atom is -0.489 e. The fourth-order valence-electron chi connectivity index (χ4n) is 9.41. The summed E-state index contributed by atoms with van der Waals surface area (Å²) in [5.41, 5.74) is 1.71. The van der Waals surface area contributed by atoms with Crippen LogP contribution in [-0.2, 0) is 6.18 Å². The van der Waals surface area contributed by atoms with Crippen molar-refractivity contribution in [2.75, 3.05) is 43.5 Å². The maximum Gasteiger partial charge on any atom is 0.418 e. The molecular formula is C32H32ClF6N7O2. The van der Waals surface area contributed by atoms with Crippen LogP contribution in [0.15, 0.2) is 6.07 Å². The van der Waals surface area contributed by atoms with Gasteiger partial charge in [0.25, 0.3) is 5.92 Å². The van der Waals surface area contributed by atoms with Gasteiger partial charge in [-0.15, -0.1) is 0 Å². The highest BCUT2D eigenvalue weighted by molar-refractivity contribution is 6.36. The average molecular weight is 696 g/mol. The number of ether oxygens (including phenoxy) is 2. The third-order valence-corrected chi connectivity index (χ3v) is 11.8. The van der Waals surface area contributed by atoms with E-state index in [1.54, 1.807) is 0 Å². The number of hydrogen-bond acceptors (Lipinski definition) is 9. The van der Waals surface area contributed by atoms with E-state index in [2.05, 4.69) is 15.3 Å². The van der Waals surface area contributed by atoms with Crippen molar-refractivity contribution in [1.29, 1.82) is 0 Å². The van der Waals surface area contributed by atoms with Gasteiger partial charge in [0.1, 0.15) is 30.4 Å². The maximum atomic E-state index is 17.0. The minimum atomic E-state index is -4.93. The molecule has 9 rings (SSSR count). The van der Waals surface area contributed by atoms with Gasteiger partial charge in [0.15, 0.2) is 11.6 Å². The standard InChI is InChI=1S/C32H32ClF6N7O2/c1-13-8-18(40)42-24(21(13)32(37,38)39)19-22(33)26-20-25(23(19)34)43-29(48-12-30-6-3-7-45(30)10-15-27(30)31(15,35)36)44-28(20)46-9-14-4-2-5-16(41-14)17(46)11-47-26/h8,14-17,27,41H,2-7,9-12H2,1H3,(H2,40,42)/t14-,15?,16+,17-,27?,30-/m1/s1. The lowest BCUT2D eigenvalue weighted by atomic mass is 9.88. The van der Waals surface area contributed by atoms with Gasteiger partial charge in [-0.3, -0.25) is 4.90 Å². The van der Waals surface area contributed by atoms with Gasteiger partial charge in [-0.05, 0) is 50.8 Å². The predicted octanol–water partition coefficient (Wildman–Crippen LogP) is 5.59. The summed E-state index contributed by atoms with van der Waals surface area (Å²) in [4.78, 5) is 17.2. The number of piperidine rings is 2. The Kier molecular flexibility index (Phi) is 6.48. The number of benzene rings is 1. The largest absolute Gasteiger partial charge is 0.489 e. The number of fused-ring (bicyclic) bond motifs is 8. The third-order valence-electron chi connectivity index (χ3n) is 11.5. The van der Waals surface area contributed by atoms with Gasteiger partial charge in [0, 0.05) is 31.1 Å². The van der Waals surface area contributed by atoms with E-state index in [4.69, 9.17) is 31.8 Å². The molecule has 6 atom stereocenters. The number of halogens is 7. The lowest BCUT2D eigenvalue weighted by molar-refractivity contribution is -0.137. The molecule has 2 unspecified atom stereocenters. The van der Waals surface area contributed by atoms with Crippen LogP contribution in [0.1, 0.15) is 43.2 Å². The van der Waals surface area contributed by atoms with Crippen LogP contribution >= 0.6 is 11.6 Å². The first-order chi connectivity index (χ1) is 22.8. The number of nitrogens with zero attached hydrogens (tertiary/aromatic N) is 5. The molecule has 0 spiro atoms. The molecule has 5 fully saturated rings. The van der Waals surface area contributed by atoms with Gasteiger partial charge in [0.05, 0.1) is 44.7 Å². The SMILES string of the molecule is Cc1cc(N)nc(-c2c(Cl)c3c4c(nc(OC[C@@]56CCCN5CC5C6C5(F)F)nc4c2F)N2C[C@H]4CCC[C@H](N4)[C@H]2CO3)c1C(F)(F)F. The number of aryl methyl sites for hydroxylation is 1. The Balaban J connectivity index is 1.24. The topological polar surface area (TPSA) is 102 Å². The number of nitrogens with one attached hydrogen (secondary N) is 1. The van der Waals surface area contributed by atoms with E-state index in [0.717, 1.165) is 31.7 Å². The van der Waals surface area contributed by atoms with E-state index in [1.807, 2.05) is 9.80 Å². The van der Waals surface area contributed by atoms with Gasteiger partial charge in [-0.25, -0.2) is 18.2 Å². The first-order valence-corrected chi connectivity index (χ1v) is 16.7. The summed E-state index contributed by atoms with van der Waals surface area (Å²) in [6, 6.07) is 0.635. The zero-order valence-electron chi connectivity index (χ0n) is 25.8. The highest BCUT2D eigenvalue weighted by atomic mass is 35.5. The normalized spacial score (nSPS) is 31.6. The quantitative estimate of drug-likeness (QED) is 0.338.